The van der Waals surface area contributed by atoms with Gasteiger partial charge in [-0.1, -0.05) is 24.4 Å². The molecule has 0 spiro atoms. The zero-order valence-corrected chi connectivity index (χ0v) is 12.9. The van der Waals surface area contributed by atoms with Crippen LogP contribution in [0.2, 0.25) is 0 Å². The molecule has 0 bridgehead atoms. The SMILES string of the molecule is CCC1(CC)CC(=O)C2C(=Cc3cc(F)c(F)c(F)c3N2F)C1. The van der Waals surface area contributed by atoms with E-state index in [9.17, 15) is 22.4 Å². The van der Waals surface area contributed by atoms with Gasteiger partial charge < -0.3 is 0 Å². The van der Waals surface area contributed by atoms with E-state index in [1.165, 1.54) is 6.08 Å². The van der Waals surface area contributed by atoms with Gasteiger partial charge in [0.15, 0.2) is 23.2 Å². The van der Waals surface area contributed by atoms with Crippen LogP contribution in [0, 0.1) is 22.9 Å². The summed E-state index contributed by atoms with van der Waals surface area (Å²) in [4.78, 5) is 12.4. The number of rotatable bonds is 2. The summed E-state index contributed by atoms with van der Waals surface area (Å²) in [5.41, 5.74) is -0.544. The number of hydrogen-bond donors (Lipinski definition) is 0. The van der Waals surface area contributed by atoms with Crippen molar-refractivity contribution < 1.29 is 22.4 Å². The van der Waals surface area contributed by atoms with Gasteiger partial charge in [0.1, 0.15) is 11.7 Å². The average Bonchev–Trinajstić information content (AvgIpc) is 2.51. The fraction of sp³-hybridized carbons (Fsp3) is 0.471. The Morgan fingerprint density at radius 3 is 2.43 bits per heavy atom. The van der Waals surface area contributed by atoms with Crippen molar-refractivity contribution in [2.75, 3.05) is 5.12 Å². The number of nitrogens with zero attached hydrogens (tertiary/aromatic N) is 1. The maximum atomic E-state index is 14.6. The lowest BCUT2D eigenvalue weighted by molar-refractivity contribution is -0.124. The van der Waals surface area contributed by atoms with E-state index in [0.717, 1.165) is 18.9 Å². The lowest BCUT2D eigenvalue weighted by atomic mass is 9.65. The fourth-order valence-corrected chi connectivity index (χ4v) is 3.68. The molecule has 124 valence electrons. The van der Waals surface area contributed by atoms with E-state index in [0.29, 0.717) is 12.0 Å². The molecule has 0 aromatic heterocycles. The first-order chi connectivity index (χ1) is 10.8. The summed E-state index contributed by atoms with van der Waals surface area (Å²) in [6, 6.07) is -0.476. The van der Waals surface area contributed by atoms with Crippen LogP contribution in [0.5, 0.6) is 0 Å². The second kappa shape index (κ2) is 5.35. The van der Waals surface area contributed by atoms with Crippen LogP contribution in [-0.2, 0) is 4.79 Å². The number of hydrogen-bond acceptors (Lipinski definition) is 2. The van der Waals surface area contributed by atoms with Crippen molar-refractivity contribution in [1.29, 1.82) is 0 Å². The number of carbonyl (C=O) groups excluding carboxylic acids is 1. The lowest BCUT2D eigenvalue weighted by Crippen LogP contribution is -2.47. The van der Waals surface area contributed by atoms with Crippen molar-refractivity contribution >= 4 is 17.5 Å². The molecule has 1 aliphatic carbocycles. The molecule has 1 aliphatic heterocycles. The number of ketones is 1. The summed E-state index contributed by atoms with van der Waals surface area (Å²) >= 11 is 0. The third-order valence-corrected chi connectivity index (χ3v) is 5.23. The maximum absolute atomic E-state index is 14.6. The summed E-state index contributed by atoms with van der Waals surface area (Å²) in [7, 11) is 0. The predicted octanol–water partition coefficient (Wildman–Crippen LogP) is 4.73. The summed E-state index contributed by atoms with van der Waals surface area (Å²) in [5, 5.41) is -0.0416. The molecule has 2 aliphatic rings. The normalized spacial score (nSPS) is 22.5. The third kappa shape index (κ3) is 2.26. The van der Waals surface area contributed by atoms with Gasteiger partial charge in [-0.05, 0) is 36.3 Å². The van der Waals surface area contributed by atoms with E-state index >= 15 is 0 Å². The van der Waals surface area contributed by atoms with Crippen molar-refractivity contribution in [2.24, 2.45) is 5.41 Å². The van der Waals surface area contributed by atoms with Crippen LogP contribution < -0.4 is 5.12 Å². The van der Waals surface area contributed by atoms with E-state index in [1.807, 2.05) is 13.8 Å². The van der Waals surface area contributed by atoms with Crippen LogP contribution in [0.3, 0.4) is 0 Å². The van der Waals surface area contributed by atoms with Gasteiger partial charge in [0.05, 0.1) is 0 Å². The highest BCUT2D eigenvalue weighted by Crippen LogP contribution is 2.48. The molecule has 1 unspecified atom stereocenters. The minimum atomic E-state index is -1.73. The molecule has 1 aromatic rings. The van der Waals surface area contributed by atoms with E-state index in [4.69, 9.17) is 0 Å². The van der Waals surface area contributed by atoms with E-state index in [2.05, 4.69) is 0 Å². The first kappa shape index (κ1) is 16.0. The quantitative estimate of drug-likeness (QED) is 0.445. The van der Waals surface area contributed by atoms with Gasteiger partial charge in [0, 0.05) is 12.0 Å². The zero-order valence-electron chi connectivity index (χ0n) is 12.9. The van der Waals surface area contributed by atoms with Crippen molar-refractivity contribution in [3.63, 3.8) is 0 Å². The van der Waals surface area contributed by atoms with Gasteiger partial charge in [0.25, 0.3) is 0 Å². The van der Waals surface area contributed by atoms with Crippen LogP contribution in [0.4, 0.5) is 23.3 Å². The molecule has 23 heavy (non-hydrogen) atoms. The van der Waals surface area contributed by atoms with Gasteiger partial charge in [-0.2, -0.15) is 5.12 Å². The largest absolute Gasteiger partial charge is 0.297 e. The molecule has 0 radical (unpaired) electrons. The Kier molecular flexibility index (Phi) is 3.73. The van der Waals surface area contributed by atoms with Gasteiger partial charge in [0.2, 0.25) is 0 Å². The van der Waals surface area contributed by atoms with E-state index in [1.54, 1.807) is 0 Å². The number of fused-ring (bicyclic) bond motifs is 2. The van der Waals surface area contributed by atoms with Crippen LogP contribution >= 0.6 is 0 Å². The summed E-state index contributed by atoms with van der Waals surface area (Å²) in [6.07, 6.45) is 3.62. The number of benzene rings is 1. The molecule has 1 fully saturated rings. The van der Waals surface area contributed by atoms with E-state index in [-0.39, 0.29) is 28.3 Å². The number of anilines is 1. The van der Waals surface area contributed by atoms with Crippen LogP contribution in [0.25, 0.3) is 6.08 Å². The number of Topliss-reactive ketones (excluding diaryl/α,β-unsaturated/α-hetero) is 1. The smallest absolute Gasteiger partial charge is 0.196 e. The van der Waals surface area contributed by atoms with Crippen molar-refractivity contribution in [1.82, 2.24) is 0 Å². The molecule has 1 saturated carbocycles. The molecule has 1 atom stereocenters. The van der Waals surface area contributed by atoms with Gasteiger partial charge in [-0.15, -0.1) is 0 Å². The summed E-state index contributed by atoms with van der Waals surface area (Å²) < 4.78 is 55.4. The molecular weight excluding hydrogens is 310 g/mol. The maximum Gasteiger partial charge on any atom is 0.196 e. The van der Waals surface area contributed by atoms with E-state index < -0.39 is 29.2 Å². The van der Waals surface area contributed by atoms with Crippen LogP contribution in [0.1, 0.15) is 45.1 Å². The molecule has 6 heteroatoms. The Labute approximate surface area is 131 Å². The Morgan fingerprint density at radius 1 is 1.17 bits per heavy atom. The Bertz CT molecular complexity index is 709. The number of halogens is 4. The van der Waals surface area contributed by atoms with Crippen molar-refractivity contribution in [3.05, 3.63) is 34.7 Å². The molecule has 0 saturated heterocycles. The van der Waals surface area contributed by atoms with Gasteiger partial charge in [-0.3, -0.25) is 4.79 Å². The molecule has 0 N–H and O–H groups in total. The highest BCUT2D eigenvalue weighted by molar-refractivity contribution is 5.96. The predicted molar refractivity (Wildman–Crippen MR) is 78.9 cm³/mol. The summed E-state index contributed by atoms with van der Waals surface area (Å²) in [5.74, 6) is -5.07. The molecule has 3 rings (SSSR count). The topological polar surface area (TPSA) is 20.3 Å². The first-order valence-corrected chi connectivity index (χ1v) is 7.69. The van der Waals surface area contributed by atoms with Crippen molar-refractivity contribution in [3.8, 4) is 0 Å². The second-order valence-corrected chi connectivity index (χ2v) is 6.38. The Morgan fingerprint density at radius 2 is 1.83 bits per heavy atom. The van der Waals surface area contributed by atoms with Gasteiger partial charge >= 0.3 is 0 Å². The molecular formula is C17H17F4NO. The monoisotopic (exact) mass is 327 g/mol. The fourth-order valence-electron chi connectivity index (χ4n) is 3.68. The van der Waals surface area contributed by atoms with Crippen LogP contribution in [0.15, 0.2) is 11.6 Å². The lowest BCUT2D eigenvalue weighted by Gasteiger charge is -2.43. The molecule has 1 heterocycles. The highest BCUT2D eigenvalue weighted by atomic mass is 19.2. The van der Waals surface area contributed by atoms with Crippen molar-refractivity contribution in [2.45, 2.75) is 45.6 Å². The Hall–Kier alpha value is -1.85. The average molecular weight is 327 g/mol. The minimum Gasteiger partial charge on any atom is -0.297 e. The molecule has 1 aromatic carbocycles. The first-order valence-electron chi connectivity index (χ1n) is 7.69. The highest BCUT2D eigenvalue weighted by Gasteiger charge is 2.46. The van der Waals surface area contributed by atoms with Crippen LogP contribution in [-0.4, -0.2) is 11.8 Å². The molecule has 0 amide bonds. The standard InChI is InChI=1S/C17H17F4NO/c1-3-17(4-2)7-10-5-9-6-11(18)13(19)14(20)16(9)22(21)15(10)12(23)8-17/h5-6,15H,3-4,7-8H2,1-2H3. The number of carbonyl (C=O) groups is 1. The van der Waals surface area contributed by atoms with Gasteiger partial charge in [-0.25, -0.2) is 13.2 Å². The molecule has 2 nitrogen and oxygen atoms in total. The third-order valence-electron chi connectivity index (χ3n) is 5.23. The second-order valence-electron chi connectivity index (χ2n) is 6.38. The zero-order chi connectivity index (χ0) is 16.9. The summed E-state index contributed by atoms with van der Waals surface area (Å²) in [6.45, 7) is 3.94. The Balaban J connectivity index is 2.16. The minimum absolute atomic E-state index is 0.0416.